The van der Waals surface area contributed by atoms with Gasteiger partial charge in [0.1, 0.15) is 11.2 Å². The molecular weight excluding hydrogens is 468 g/mol. The minimum atomic E-state index is -0.651. The van der Waals surface area contributed by atoms with E-state index in [1.165, 1.54) is 0 Å². The van der Waals surface area contributed by atoms with Gasteiger partial charge in [-0.25, -0.2) is 0 Å². The van der Waals surface area contributed by atoms with Crippen LogP contribution in [0.5, 0.6) is 0 Å². The van der Waals surface area contributed by atoms with E-state index in [1.54, 1.807) is 13.8 Å². The van der Waals surface area contributed by atoms with Gasteiger partial charge in [-0.15, -0.1) is 11.6 Å². The quantitative estimate of drug-likeness (QED) is 0.104. The smallest absolute Gasteiger partial charge is 0.306 e. The Balaban J connectivity index is 3.97. The van der Waals surface area contributed by atoms with Crippen molar-refractivity contribution in [2.45, 2.75) is 154 Å². The summed E-state index contributed by atoms with van der Waals surface area (Å²) in [6.45, 7) is 16.1. The van der Waals surface area contributed by atoms with Crippen LogP contribution in [0.4, 0.5) is 0 Å². The van der Waals surface area contributed by atoms with Gasteiger partial charge in [0.25, 0.3) is 0 Å². The SMILES string of the molecule is CC(C)(O)CCCCCC(=O)OC(C)(C)CCOCCC(C)(C)OC(=O)CCCCCC(C)(C)Cl. The van der Waals surface area contributed by atoms with Gasteiger partial charge in [-0.05, 0) is 81.1 Å². The van der Waals surface area contributed by atoms with Crippen LogP contribution < -0.4 is 0 Å². The molecule has 0 amide bonds. The van der Waals surface area contributed by atoms with E-state index in [2.05, 4.69) is 0 Å². The van der Waals surface area contributed by atoms with E-state index in [0.717, 1.165) is 51.4 Å². The van der Waals surface area contributed by atoms with Crippen LogP contribution in [-0.2, 0) is 23.8 Å². The van der Waals surface area contributed by atoms with Gasteiger partial charge in [0.15, 0.2) is 0 Å². The van der Waals surface area contributed by atoms with Crippen molar-refractivity contribution in [2.24, 2.45) is 0 Å². The Hall–Kier alpha value is -0.850. The number of esters is 2. The third kappa shape index (κ3) is 23.3. The Morgan fingerprint density at radius 3 is 1.40 bits per heavy atom. The van der Waals surface area contributed by atoms with E-state index in [-0.39, 0.29) is 16.8 Å². The zero-order valence-electron chi connectivity index (χ0n) is 23.8. The molecule has 0 aromatic rings. The minimum Gasteiger partial charge on any atom is -0.460 e. The number of aliphatic hydroxyl groups is 1. The summed E-state index contributed by atoms with van der Waals surface area (Å²) in [5.41, 5.74) is -1.82. The molecule has 0 fully saturated rings. The summed E-state index contributed by atoms with van der Waals surface area (Å²) in [5, 5.41) is 9.72. The fraction of sp³-hybridized carbons (Fsp3) is 0.929. The molecule has 0 aromatic carbocycles. The number of carbonyl (C=O) groups is 2. The van der Waals surface area contributed by atoms with Crippen molar-refractivity contribution in [2.75, 3.05) is 13.2 Å². The highest BCUT2D eigenvalue weighted by Crippen LogP contribution is 2.22. The number of alkyl halides is 1. The average molecular weight is 521 g/mol. The van der Waals surface area contributed by atoms with Gasteiger partial charge in [0.2, 0.25) is 0 Å². The standard InChI is InChI=1S/C28H53ClO6/c1-25(2,29)17-13-9-11-15-23(30)34-27(5,6)19-21-33-22-20-28(7,8)35-24(31)16-12-10-14-18-26(3,4)32/h32H,9-22H2,1-8H3. The molecule has 0 rings (SSSR count). The molecule has 1 N–H and O–H groups in total. The van der Waals surface area contributed by atoms with Crippen molar-refractivity contribution in [1.82, 2.24) is 0 Å². The lowest BCUT2D eigenvalue weighted by atomic mass is 10.0. The maximum Gasteiger partial charge on any atom is 0.306 e. The first-order valence-electron chi connectivity index (χ1n) is 13.3. The third-order valence-corrected chi connectivity index (χ3v) is 5.99. The molecule has 7 heteroatoms. The fourth-order valence-corrected chi connectivity index (χ4v) is 3.69. The lowest BCUT2D eigenvalue weighted by molar-refractivity contribution is -0.158. The predicted octanol–water partition coefficient (Wildman–Crippen LogP) is 7.12. The molecule has 0 heterocycles. The van der Waals surface area contributed by atoms with E-state index < -0.39 is 16.8 Å². The Bertz CT molecular complexity index is 550. The summed E-state index contributed by atoms with van der Waals surface area (Å²) in [6.07, 6.45) is 9.02. The Morgan fingerprint density at radius 1 is 0.629 bits per heavy atom. The number of hydrogen-bond donors (Lipinski definition) is 1. The average Bonchev–Trinajstić information content (AvgIpc) is 2.64. The molecular formula is C28H53ClO6. The third-order valence-electron chi connectivity index (χ3n) is 5.80. The molecule has 208 valence electrons. The number of halogens is 1. The Kier molecular flexibility index (Phi) is 15.7. The minimum absolute atomic E-state index is 0.173. The molecule has 0 radical (unpaired) electrons. The van der Waals surface area contributed by atoms with Crippen LogP contribution in [0.3, 0.4) is 0 Å². The highest BCUT2D eigenvalue weighted by Gasteiger charge is 2.25. The topological polar surface area (TPSA) is 82.1 Å². The van der Waals surface area contributed by atoms with E-state index in [1.807, 2.05) is 41.5 Å². The number of unbranched alkanes of at least 4 members (excludes halogenated alkanes) is 4. The first-order valence-corrected chi connectivity index (χ1v) is 13.7. The van der Waals surface area contributed by atoms with Crippen LogP contribution >= 0.6 is 11.6 Å². The Morgan fingerprint density at radius 2 is 1.03 bits per heavy atom. The summed E-state index contributed by atoms with van der Waals surface area (Å²) in [5.74, 6) is -0.370. The van der Waals surface area contributed by atoms with Crippen molar-refractivity contribution in [3.8, 4) is 0 Å². The van der Waals surface area contributed by atoms with Gasteiger partial charge in [-0.1, -0.05) is 25.7 Å². The van der Waals surface area contributed by atoms with Gasteiger partial charge in [0.05, 0.1) is 18.8 Å². The lowest BCUT2D eigenvalue weighted by Gasteiger charge is -2.27. The molecule has 35 heavy (non-hydrogen) atoms. The molecule has 0 spiro atoms. The molecule has 0 saturated heterocycles. The molecule has 0 aliphatic heterocycles. The maximum absolute atomic E-state index is 12.1. The normalized spacial score (nSPS) is 13.1. The molecule has 0 aliphatic rings. The summed E-state index contributed by atoms with van der Waals surface area (Å²) in [7, 11) is 0. The van der Waals surface area contributed by atoms with Crippen molar-refractivity contribution < 1.29 is 28.9 Å². The van der Waals surface area contributed by atoms with Crippen molar-refractivity contribution >= 4 is 23.5 Å². The fourth-order valence-electron chi connectivity index (χ4n) is 3.55. The second-order valence-electron chi connectivity index (χ2n) is 12.2. The highest BCUT2D eigenvalue weighted by molar-refractivity contribution is 6.23. The summed E-state index contributed by atoms with van der Waals surface area (Å²) >= 11 is 6.19. The Labute approximate surface area is 219 Å². The van der Waals surface area contributed by atoms with Gasteiger partial charge < -0.3 is 19.3 Å². The van der Waals surface area contributed by atoms with Crippen LogP contribution in [0.25, 0.3) is 0 Å². The molecule has 0 atom stereocenters. The zero-order valence-corrected chi connectivity index (χ0v) is 24.5. The number of rotatable bonds is 20. The predicted molar refractivity (Wildman–Crippen MR) is 143 cm³/mol. The van der Waals surface area contributed by atoms with Crippen molar-refractivity contribution in [3.05, 3.63) is 0 Å². The highest BCUT2D eigenvalue weighted by atomic mass is 35.5. The molecule has 0 aromatic heterocycles. The molecule has 6 nitrogen and oxygen atoms in total. The summed E-state index contributed by atoms with van der Waals surface area (Å²) in [4.78, 5) is 24.1. The molecule has 0 unspecified atom stereocenters. The van der Waals surface area contributed by atoms with Crippen LogP contribution in [0.1, 0.15) is 132 Å². The summed E-state index contributed by atoms with van der Waals surface area (Å²) in [6, 6.07) is 0. The van der Waals surface area contributed by atoms with Crippen LogP contribution in [0, 0.1) is 0 Å². The van der Waals surface area contributed by atoms with Crippen molar-refractivity contribution in [1.29, 1.82) is 0 Å². The molecule has 0 saturated carbocycles. The number of carbonyl (C=O) groups excluding carboxylic acids is 2. The van der Waals surface area contributed by atoms with Crippen LogP contribution in [-0.4, -0.2) is 51.9 Å². The maximum atomic E-state index is 12.1. The van der Waals surface area contributed by atoms with Gasteiger partial charge in [-0.3, -0.25) is 9.59 Å². The summed E-state index contributed by atoms with van der Waals surface area (Å²) < 4.78 is 17.0. The van der Waals surface area contributed by atoms with E-state index >= 15 is 0 Å². The monoisotopic (exact) mass is 520 g/mol. The molecule has 0 aliphatic carbocycles. The lowest BCUT2D eigenvalue weighted by Crippen LogP contribution is -2.31. The first kappa shape index (κ1) is 34.1. The first-order chi connectivity index (χ1) is 15.9. The van der Waals surface area contributed by atoms with E-state index in [4.69, 9.17) is 25.8 Å². The number of ether oxygens (including phenoxy) is 3. The zero-order chi connectivity index (χ0) is 27.2. The molecule has 0 bridgehead atoms. The largest absolute Gasteiger partial charge is 0.460 e. The van der Waals surface area contributed by atoms with Crippen LogP contribution in [0.2, 0.25) is 0 Å². The number of hydrogen-bond acceptors (Lipinski definition) is 6. The second kappa shape index (κ2) is 16.1. The van der Waals surface area contributed by atoms with E-state index in [9.17, 15) is 14.7 Å². The van der Waals surface area contributed by atoms with Crippen molar-refractivity contribution in [3.63, 3.8) is 0 Å². The second-order valence-corrected chi connectivity index (χ2v) is 13.3. The van der Waals surface area contributed by atoms with Gasteiger partial charge in [0, 0.05) is 30.6 Å². The van der Waals surface area contributed by atoms with E-state index in [0.29, 0.717) is 38.9 Å². The van der Waals surface area contributed by atoms with Gasteiger partial charge >= 0.3 is 11.9 Å². The van der Waals surface area contributed by atoms with Crippen LogP contribution in [0.15, 0.2) is 0 Å². The van der Waals surface area contributed by atoms with Gasteiger partial charge in [-0.2, -0.15) is 0 Å².